The van der Waals surface area contributed by atoms with E-state index in [0.717, 1.165) is 0 Å². The molecule has 0 saturated carbocycles. The third-order valence-corrected chi connectivity index (χ3v) is 2.32. The summed E-state index contributed by atoms with van der Waals surface area (Å²) in [6.45, 7) is 1.67. The van der Waals surface area contributed by atoms with Gasteiger partial charge in [0.2, 0.25) is 0 Å². The van der Waals surface area contributed by atoms with Gasteiger partial charge in [-0.3, -0.25) is 0 Å². The molecule has 0 aliphatic rings. The number of hydrogen-bond acceptors (Lipinski definition) is 3. The predicted octanol–water partition coefficient (Wildman–Crippen LogP) is 2.41. The number of ether oxygens (including phenoxy) is 2. The number of halogens is 1. The number of aliphatic hydroxyl groups is 1. The maximum absolute atomic E-state index is 9.40. The van der Waals surface area contributed by atoms with Gasteiger partial charge in [0.1, 0.15) is 16.5 Å². The fraction of sp³-hybridized carbons (Fsp3) is 0.400. The average Bonchev–Trinajstić information content (AvgIpc) is 2.17. The van der Waals surface area contributed by atoms with Gasteiger partial charge in [-0.2, -0.15) is 0 Å². The first kappa shape index (κ1) is 11.1. The average molecular weight is 217 g/mol. The number of hydrogen-bond donors (Lipinski definition) is 1. The van der Waals surface area contributed by atoms with Crippen molar-refractivity contribution in [1.82, 2.24) is 0 Å². The Labute approximate surface area is 88.2 Å². The molecule has 0 aromatic heterocycles. The number of methoxy groups -OCH3 is 2. The van der Waals surface area contributed by atoms with E-state index in [1.807, 2.05) is 0 Å². The third-order valence-electron chi connectivity index (χ3n) is 1.95. The van der Waals surface area contributed by atoms with Crippen LogP contribution in [0.1, 0.15) is 18.6 Å². The first-order chi connectivity index (χ1) is 6.60. The SMILES string of the molecule is COc1cc(C(C)O)cc(OC)c1Cl. The molecule has 0 saturated heterocycles. The van der Waals surface area contributed by atoms with Crippen molar-refractivity contribution in [3.05, 3.63) is 22.7 Å². The minimum atomic E-state index is -0.574. The summed E-state index contributed by atoms with van der Waals surface area (Å²) in [5.41, 5.74) is 0.711. The van der Waals surface area contributed by atoms with Crippen LogP contribution in [0.3, 0.4) is 0 Å². The van der Waals surface area contributed by atoms with Crippen LogP contribution in [0.25, 0.3) is 0 Å². The summed E-state index contributed by atoms with van der Waals surface area (Å²) in [4.78, 5) is 0. The Balaban J connectivity index is 3.25. The van der Waals surface area contributed by atoms with Gasteiger partial charge in [-0.05, 0) is 24.6 Å². The molecule has 0 heterocycles. The zero-order valence-corrected chi connectivity index (χ0v) is 9.13. The second kappa shape index (κ2) is 4.53. The Kier molecular flexibility index (Phi) is 3.61. The van der Waals surface area contributed by atoms with Crippen LogP contribution in [0.4, 0.5) is 0 Å². The minimum absolute atomic E-state index is 0.416. The van der Waals surface area contributed by atoms with Gasteiger partial charge in [0.25, 0.3) is 0 Å². The molecule has 1 unspecified atom stereocenters. The lowest BCUT2D eigenvalue weighted by Crippen LogP contribution is -1.96. The Hall–Kier alpha value is -0.930. The zero-order valence-electron chi connectivity index (χ0n) is 8.37. The van der Waals surface area contributed by atoms with E-state index in [0.29, 0.717) is 22.1 Å². The molecule has 1 aromatic carbocycles. The van der Waals surface area contributed by atoms with Crippen molar-refractivity contribution < 1.29 is 14.6 Å². The molecular formula is C10H13ClO3. The fourth-order valence-corrected chi connectivity index (χ4v) is 1.39. The fourth-order valence-electron chi connectivity index (χ4n) is 1.13. The van der Waals surface area contributed by atoms with E-state index in [1.54, 1.807) is 19.1 Å². The van der Waals surface area contributed by atoms with E-state index >= 15 is 0 Å². The molecule has 1 N–H and O–H groups in total. The first-order valence-electron chi connectivity index (χ1n) is 4.19. The third kappa shape index (κ3) is 2.11. The van der Waals surface area contributed by atoms with Crippen LogP contribution >= 0.6 is 11.6 Å². The Bertz CT molecular complexity index is 298. The zero-order chi connectivity index (χ0) is 10.7. The highest BCUT2D eigenvalue weighted by Crippen LogP contribution is 2.36. The van der Waals surface area contributed by atoms with Crippen LogP contribution in [0.15, 0.2) is 12.1 Å². The molecule has 0 fully saturated rings. The topological polar surface area (TPSA) is 38.7 Å². The summed E-state index contributed by atoms with van der Waals surface area (Å²) in [6.07, 6.45) is -0.574. The second-order valence-corrected chi connectivity index (χ2v) is 3.29. The molecule has 0 aliphatic carbocycles. The lowest BCUT2D eigenvalue weighted by Gasteiger charge is -2.12. The number of rotatable bonds is 3. The van der Waals surface area contributed by atoms with Gasteiger partial charge < -0.3 is 14.6 Å². The van der Waals surface area contributed by atoms with Gasteiger partial charge in [-0.1, -0.05) is 11.6 Å². The molecule has 0 spiro atoms. The largest absolute Gasteiger partial charge is 0.495 e. The lowest BCUT2D eigenvalue weighted by atomic mass is 10.1. The van der Waals surface area contributed by atoms with Gasteiger partial charge in [-0.25, -0.2) is 0 Å². The molecule has 0 amide bonds. The van der Waals surface area contributed by atoms with Crippen molar-refractivity contribution in [2.75, 3.05) is 14.2 Å². The van der Waals surface area contributed by atoms with Crippen LogP contribution in [0.5, 0.6) is 11.5 Å². The molecule has 4 heteroatoms. The second-order valence-electron chi connectivity index (χ2n) is 2.92. The van der Waals surface area contributed by atoms with Gasteiger partial charge >= 0.3 is 0 Å². The summed E-state index contributed by atoms with van der Waals surface area (Å²) in [5.74, 6) is 1.00. The Morgan fingerprint density at radius 3 is 1.93 bits per heavy atom. The molecule has 78 valence electrons. The highest BCUT2D eigenvalue weighted by molar-refractivity contribution is 6.33. The van der Waals surface area contributed by atoms with Gasteiger partial charge in [0.05, 0.1) is 20.3 Å². The van der Waals surface area contributed by atoms with E-state index in [4.69, 9.17) is 21.1 Å². The van der Waals surface area contributed by atoms with Crippen LogP contribution in [0.2, 0.25) is 5.02 Å². The quantitative estimate of drug-likeness (QED) is 0.844. The maximum Gasteiger partial charge on any atom is 0.141 e. The van der Waals surface area contributed by atoms with Crippen molar-refractivity contribution >= 4 is 11.6 Å². The molecule has 1 aromatic rings. The summed E-state index contributed by atoms with van der Waals surface area (Å²) in [7, 11) is 3.04. The highest BCUT2D eigenvalue weighted by Gasteiger charge is 2.12. The van der Waals surface area contributed by atoms with Crippen molar-refractivity contribution in [2.45, 2.75) is 13.0 Å². The standard InChI is InChI=1S/C10H13ClO3/c1-6(12)7-4-8(13-2)10(11)9(5-7)14-3/h4-6,12H,1-3H3. The van der Waals surface area contributed by atoms with Crippen LogP contribution in [-0.2, 0) is 0 Å². The van der Waals surface area contributed by atoms with Gasteiger partial charge in [-0.15, -0.1) is 0 Å². The van der Waals surface area contributed by atoms with Crippen molar-refractivity contribution in [1.29, 1.82) is 0 Å². The van der Waals surface area contributed by atoms with Gasteiger partial charge in [0, 0.05) is 0 Å². The van der Waals surface area contributed by atoms with Crippen LogP contribution in [-0.4, -0.2) is 19.3 Å². The molecular weight excluding hydrogens is 204 g/mol. The summed E-state index contributed by atoms with van der Waals surface area (Å²) in [6, 6.07) is 3.38. The maximum atomic E-state index is 9.40. The molecule has 1 atom stereocenters. The van der Waals surface area contributed by atoms with Crippen LogP contribution in [0, 0.1) is 0 Å². The molecule has 3 nitrogen and oxygen atoms in total. The molecule has 0 aliphatic heterocycles. The summed E-state index contributed by atoms with van der Waals surface area (Å²) < 4.78 is 10.1. The van der Waals surface area contributed by atoms with Crippen molar-refractivity contribution in [3.63, 3.8) is 0 Å². The van der Waals surface area contributed by atoms with E-state index in [-0.39, 0.29) is 0 Å². The normalized spacial score (nSPS) is 12.4. The smallest absolute Gasteiger partial charge is 0.141 e. The minimum Gasteiger partial charge on any atom is -0.495 e. The van der Waals surface area contributed by atoms with E-state index < -0.39 is 6.10 Å². The Morgan fingerprint density at radius 1 is 1.21 bits per heavy atom. The lowest BCUT2D eigenvalue weighted by molar-refractivity contribution is 0.198. The molecule has 0 radical (unpaired) electrons. The monoisotopic (exact) mass is 216 g/mol. The van der Waals surface area contributed by atoms with E-state index in [1.165, 1.54) is 14.2 Å². The Morgan fingerprint density at radius 2 is 1.64 bits per heavy atom. The molecule has 0 bridgehead atoms. The summed E-state index contributed by atoms with van der Waals surface area (Å²) in [5, 5.41) is 9.82. The molecule has 1 rings (SSSR count). The van der Waals surface area contributed by atoms with Crippen molar-refractivity contribution in [3.8, 4) is 11.5 Å². The number of benzene rings is 1. The van der Waals surface area contributed by atoms with Crippen molar-refractivity contribution in [2.24, 2.45) is 0 Å². The molecule has 14 heavy (non-hydrogen) atoms. The summed E-state index contributed by atoms with van der Waals surface area (Å²) >= 11 is 5.95. The first-order valence-corrected chi connectivity index (χ1v) is 4.57. The highest BCUT2D eigenvalue weighted by atomic mass is 35.5. The van der Waals surface area contributed by atoms with E-state index in [2.05, 4.69) is 0 Å². The predicted molar refractivity (Wildman–Crippen MR) is 55.2 cm³/mol. The van der Waals surface area contributed by atoms with Crippen LogP contribution < -0.4 is 9.47 Å². The van der Waals surface area contributed by atoms with E-state index in [9.17, 15) is 5.11 Å². The van der Waals surface area contributed by atoms with Gasteiger partial charge in [0.15, 0.2) is 0 Å². The number of aliphatic hydroxyl groups excluding tert-OH is 1.